The summed E-state index contributed by atoms with van der Waals surface area (Å²) in [4.78, 5) is 16.1. The van der Waals surface area contributed by atoms with E-state index in [4.69, 9.17) is 0 Å². The number of piperazine rings is 1. The van der Waals surface area contributed by atoms with Gasteiger partial charge in [0, 0.05) is 26.2 Å². The van der Waals surface area contributed by atoms with Gasteiger partial charge in [0.25, 0.3) is 5.91 Å². The summed E-state index contributed by atoms with van der Waals surface area (Å²) in [5.74, 6) is -0.759. The zero-order valence-electron chi connectivity index (χ0n) is 10.7. The minimum absolute atomic E-state index is 0.169. The fraction of sp³-hybridized carbons (Fsp3) is 0.462. The molecule has 1 aliphatic heterocycles. The molecule has 0 aliphatic carbocycles. The quantitative estimate of drug-likeness (QED) is 0.723. The summed E-state index contributed by atoms with van der Waals surface area (Å²) in [5, 5.41) is 19.5. The molecule has 1 heterocycles. The van der Waals surface area contributed by atoms with E-state index in [1.165, 1.54) is 0 Å². The Hall–Kier alpha value is -1.75. The van der Waals surface area contributed by atoms with Crippen molar-refractivity contribution in [2.45, 2.75) is 6.92 Å². The molecule has 0 unspecified atom stereocenters. The summed E-state index contributed by atoms with van der Waals surface area (Å²) >= 11 is 0. The maximum atomic E-state index is 12.2. The molecule has 1 aliphatic rings. The largest absolute Gasteiger partial charge is 0.504 e. The first-order valence-electron chi connectivity index (χ1n) is 6.00. The summed E-state index contributed by atoms with van der Waals surface area (Å²) in [7, 11) is 2.01. The Bertz CT molecular complexity index is 466. The molecule has 0 saturated carbocycles. The minimum Gasteiger partial charge on any atom is -0.504 e. The Balaban J connectivity index is 2.21. The van der Waals surface area contributed by atoms with Crippen molar-refractivity contribution in [3.63, 3.8) is 0 Å². The van der Waals surface area contributed by atoms with Crippen molar-refractivity contribution in [1.29, 1.82) is 0 Å². The molecule has 98 valence electrons. The van der Waals surface area contributed by atoms with Crippen LogP contribution in [0, 0.1) is 6.92 Å². The van der Waals surface area contributed by atoms with Crippen LogP contribution in [0.2, 0.25) is 0 Å². The van der Waals surface area contributed by atoms with Gasteiger partial charge >= 0.3 is 0 Å². The molecule has 0 aromatic heterocycles. The number of phenolic OH excluding ortho intramolecular Hbond substituents is 2. The van der Waals surface area contributed by atoms with Crippen LogP contribution >= 0.6 is 0 Å². The van der Waals surface area contributed by atoms with E-state index in [-0.39, 0.29) is 23.0 Å². The molecule has 0 radical (unpaired) electrons. The van der Waals surface area contributed by atoms with E-state index >= 15 is 0 Å². The van der Waals surface area contributed by atoms with Crippen LogP contribution in [0.3, 0.4) is 0 Å². The van der Waals surface area contributed by atoms with Crippen LogP contribution in [0.5, 0.6) is 11.5 Å². The van der Waals surface area contributed by atoms with E-state index in [0.29, 0.717) is 18.7 Å². The number of hydrogen-bond donors (Lipinski definition) is 2. The zero-order chi connectivity index (χ0) is 13.3. The van der Waals surface area contributed by atoms with Crippen molar-refractivity contribution in [1.82, 2.24) is 9.80 Å². The zero-order valence-corrected chi connectivity index (χ0v) is 10.7. The first kappa shape index (κ1) is 12.7. The molecule has 0 atom stereocenters. The molecular weight excluding hydrogens is 232 g/mol. The van der Waals surface area contributed by atoms with Gasteiger partial charge in [0.15, 0.2) is 11.5 Å². The number of carbonyl (C=O) groups excluding carboxylic acids is 1. The van der Waals surface area contributed by atoms with E-state index in [1.54, 1.807) is 24.0 Å². The average Bonchev–Trinajstić information content (AvgIpc) is 2.36. The molecule has 5 heteroatoms. The molecule has 1 saturated heterocycles. The number of aromatic hydroxyl groups is 2. The van der Waals surface area contributed by atoms with Crippen LogP contribution in [-0.4, -0.2) is 59.1 Å². The number of carbonyl (C=O) groups is 1. The molecule has 2 N–H and O–H groups in total. The standard InChI is InChI=1S/C13H18N2O3/c1-9-3-4-10(12(17)11(9)16)13(18)15-7-5-14(2)6-8-15/h3-4,16-17H,5-8H2,1-2H3. The van der Waals surface area contributed by atoms with Crippen LogP contribution in [0.25, 0.3) is 0 Å². The number of aryl methyl sites for hydroxylation is 1. The molecule has 1 amide bonds. The van der Waals surface area contributed by atoms with Crippen molar-refractivity contribution < 1.29 is 15.0 Å². The van der Waals surface area contributed by atoms with Crippen molar-refractivity contribution in [2.75, 3.05) is 33.2 Å². The normalized spacial score (nSPS) is 16.9. The molecule has 18 heavy (non-hydrogen) atoms. The van der Waals surface area contributed by atoms with E-state index in [9.17, 15) is 15.0 Å². The third-order valence-corrected chi connectivity index (χ3v) is 3.37. The fourth-order valence-corrected chi connectivity index (χ4v) is 2.03. The lowest BCUT2D eigenvalue weighted by molar-refractivity contribution is 0.0660. The summed E-state index contributed by atoms with van der Waals surface area (Å²) < 4.78 is 0. The molecular formula is C13H18N2O3. The van der Waals surface area contributed by atoms with E-state index in [0.717, 1.165) is 13.1 Å². The Morgan fingerprint density at radius 1 is 1.11 bits per heavy atom. The highest BCUT2D eigenvalue weighted by Crippen LogP contribution is 2.32. The second-order valence-corrected chi connectivity index (χ2v) is 4.72. The predicted octanol–water partition coefficient (Wildman–Crippen LogP) is 0.794. The van der Waals surface area contributed by atoms with Crippen LogP contribution in [0.15, 0.2) is 12.1 Å². The minimum atomic E-state index is -0.320. The Kier molecular flexibility index (Phi) is 3.43. The highest BCUT2D eigenvalue weighted by molar-refractivity contribution is 5.97. The van der Waals surface area contributed by atoms with E-state index < -0.39 is 0 Å². The van der Waals surface area contributed by atoms with Gasteiger partial charge in [0.2, 0.25) is 0 Å². The fourth-order valence-electron chi connectivity index (χ4n) is 2.03. The van der Waals surface area contributed by atoms with Crippen LogP contribution in [-0.2, 0) is 0 Å². The molecule has 2 rings (SSSR count). The number of benzene rings is 1. The molecule has 1 fully saturated rings. The van der Waals surface area contributed by atoms with E-state index in [2.05, 4.69) is 4.90 Å². The van der Waals surface area contributed by atoms with Gasteiger partial charge in [-0.2, -0.15) is 0 Å². The number of amides is 1. The van der Waals surface area contributed by atoms with Crippen LogP contribution in [0.1, 0.15) is 15.9 Å². The molecule has 1 aromatic rings. The summed E-state index contributed by atoms with van der Waals surface area (Å²) in [6, 6.07) is 3.20. The number of phenols is 2. The average molecular weight is 250 g/mol. The first-order valence-corrected chi connectivity index (χ1v) is 6.00. The summed E-state index contributed by atoms with van der Waals surface area (Å²) in [5.41, 5.74) is 0.727. The van der Waals surface area contributed by atoms with Gasteiger partial charge in [-0.25, -0.2) is 0 Å². The monoisotopic (exact) mass is 250 g/mol. The second kappa shape index (κ2) is 4.86. The van der Waals surface area contributed by atoms with Gasteiger partial charge in [-0.05, 0) is 25.6 Å². The Morgan fingerprint density at radius 2 is 1.72 bits per heavy atom. The topological polar surface area (TPSA) is 64.0 Å². The molecule has 0 bridgehead atoms. The molecule has 1 aromatic carbocycles. The van der Waals surface area contributed by atoms with Crippen molar-refractivity contribution in [2.24, 2.45) is 0 Å². The first-order chi connectivity index (χ1) is 8.50. The summed E-state index contributed by atoms with van der Waals surface area (Å²) in [6.45, 7) is 4.61. The molecule has 0 spiro atoms. The van der Waals surface area contributed by atoms with Gasteiger partial charge in [-0.15, -0.1) is 0 Å². The lowest BCUT2D eigenvalue weighted by Crippen LogP contribution is -2.47. The smallest absolute Gasteiger partial charge is 0.257 e. The third-order valence-electron chi connectivity index (χ3n) is 3.37. The summed E-state index contributed by atoms with van der Waals surface area (Å²) in [6.07, 6.45) is 0. The lowest BCUT2D eigenvalue weighted by Gasteiger charge is -2.32. The highest BCUT2D eigenvalue weighted by Gasteiger charge is 2.24. The van der Waals surface area contributed by atoms with Crippen molar-refractivity contribution in [3.8, 4) is 11.5 Å². The van der Waals surface area contributed by atoms with Crippen molar-refractivity contribution in [3.05, 3.63) is 23.3 Å². The van der Waals surface area contributed by atoms with Gasteiger partial charge in [0.1, 0.15) is 0 Å². The van der Waals surface area contributed by atoms with E-state index in [1.807, 2.05) is 7.05 Å². The van der Waals surface area contributed by atoms with Gasteiger partial charge in [-0.1, -0.05) is 6.07 Å². The second-order valence-electron chi connectivity index (χ2n) is 4.72. The maximum Gasteiger partial charge on any atom is 0.257 e. The number of rotatable bonds is 1. The highest BCUT2D eigenvalue weighted by atomic mass is 16.3. The third kappa shape index (κ3) is 2.26. The maximum absolute atomic E-state index is 12.2. The predicted molar refractivity (Wildman–Crippen MR) is 67.9 cm³/mol. The van der Waals surface area contributed by atoms with Gasteiger partial charge < -0.3 is 20.0 Å². The van der Waals surface area contributed by atoms with Crippen molar-refractivity contribution >= 4 is 5.91 Å². The SMILES string of the molecule is Cc1ccc(C(=O)N2CCN(C)CC2)c(O)c1O. The van der Waals surface area contributed by atoms with Crippen LogP contribution < -0.4 is 0 Å². The van der Waals surface area contributed by atoms with Gasteiger partial charge in [-0.3, -0.25) is 4.79 Å². The van der Waals surface area contributed by atoms with Crippen LogP contribution in [0.4, 0.5) is 0 Å². The Labute approximate surface area is 106 Å². The number of nitrogens with zero attached hydrogens (tertiary/aromatic N) is 2. The number of hydrogen-bond acceptors (Lipinski definition) is 4. The molecule has 5 nitrogen and oxygen atoms in total. The van der Waals surface area contributed by atoms with Gasteiger partial charge in [0.05, 0.1) is 5.56 Å². The Morgan fingerprint density at radius 3 is 2.33 bits per heavy atom. The lowest BCUT2D eigenvalue weighted by atomic mass is 10.1. The number of likely N-dealkylation sites (N-methyl/N-ethyl adjacent to an activating group) is 1.